The van der Waals surface area contributed by atoms with Crippen molar-refractivity contribution in [1.82, 2.24) is 0 Å². The molecule has 0 aliphatic heterocycles. The van der Waals surface area contributed by atoms with Gasteiger partial charge in [-0.3, -0.25) is 0 Å². The Bertz CT molecular complexity index is 518. The van der Waals surface area contributed by atoms with Gasteiger partial charge in [0, 0.05) is 13.1 Å². The Morgan fingerprint density at radius 2 is 1.47 bits per heavy atom. The lowest BCUT2D eigenvalue weighted by Crippen LogP contribution is -2.04. The van der Waals surface area contributed by atoms with Crippen molar-refractivity contribution in [1.29, 1.82) is 0 Å². The summed E-state index contributed by atoms with van der Waals surface area (Å²) in [7, 11) is 0. The molecule has 0 aromatic heterocycles. The van der Waals surface area contributed by atoms with Crippen LogP contribution in [0.5, 0.6) is 0 Å². The molecule has 2 heteroatoms. The van der Waals surface area contributed by atoms with Gasteiger partial charge in [0.15, 0.2) is 0 Å². The van der Waals surface area contributed by atoms with Crippen LogP contribution < -0.4 is 11.5 Å². The van der Waals surface area contributed by atoms with Gasteiger partial charge in [-0.1, -0.05) is 42.5 Å². The summed E-state index contributed by atoms with van der Waals surface area (Å²) >= 11 is 0. The van der Waals surface area contributed by atoms with Crippen molar-refractivity contribution in [3.8, 4) is 11.1 Å². The van der Waals surface area contributed by atoms with Crippen LogP contribution in [0.15, 0.2) is 42.5 Å². The third kappa shape index (κ3) is 2.23. The van der Waals surface area contributed by atoms with Gasteiger partial charge in [-0.15, -0.1) is 0 Å². The molecule has 0 unspecified atom stereocenters. The van der Waals surface area contributed by atoms with Gasteiger partial charge in [-0.05, 0) is 34.7 Å². The molecule has 0 saturated carbocycles. The summed E-state index contributed by atoms with van der Waals surface area (Å²) in [6.45, 7) is 3.21. The highest BCUT2D eigenvalue weighted by Crippen LogP contribution is 2.30. The molecular formula is C15H18N2. The smallest absolute Gasteiger partial charge is 0.0184 e. The molecule has 88 valence electrons. The minimum absolute atomic E-state index is 0.550. The number of benzene rings is 2. The quantitative estimate of drug-likeness (QED) is 0.845. The lowest BCUT2D eigenvalue weighted by molar-refractivity contribution is 1.05. The third-order valence-corrected chi connectivity index (χ3v) is 3.09. The standard InChI is InChI=1S/C15H18N2/c1-11-5-4-7-13(10-17)15(11)14-8-3-2-6-12(14)9-16/h2-8H,9-10,16-17H2,1H3. The summed E-state index contributed by atoms with van der Waals surface area (Å²) in [5, 5.41) is 0. The van der Waals surface area contributed by atoms with Crippen LogP contribution in [0.2, 0.25) is 0 Å². The summed E-state index contributed by atoms with van der Waals surface area (Å²) in [5.41, 5.74) is 17.6. The normalized spacial score (nSPS) is 10.5. The first-order valence-corrected chi connectivity index (χ1v) is 5.84. The minimum Gasteiger partial charge on any atom is -0.326 e. The highest BCUT2D eigenvalue weighted by molar-refractivity contribution is 5.73. The van der Waals surface area contributed by atoms with Crippen LogP contribution in [-0.4, -0.2) is 0 Å². The number of hydrogen-bond donors (Lipinski definition) is 2. The Hall–Kier alpha value is -1.64. The Balaban J connectivity index is 2.67. The predicted octanol–water partition coefficient (Wildman–Crippen LogP) is 2.58. The fourth-order valence-electron chi connectivity index (χ4n) is 2.23. The average Bonchev–Trinajstić information content (AvgIpc) is 2.38. The molecule has 2 rings (SSSR count). The van der Waals surface area contributed by atoms with Gasteiger partial charge in [-0.2, -0.15) is 0 Å². The van der Waals surface area contributed by atoms with E-state index in [1.807, 2.05) is 18.2 Å². The van der Waals surface area contributed by atoms with E-state index in [-0.39, 0.29) is 0 Å². The fourth-order valence-corrected chi connectivity index (χ4v) is 2.23. The van der Waals surface area contributed by atoms with E-state index < -0.39 is 0 Å². The monoisotopic (exact) mass is 226 g/mol. The molecule has 2 nitrogen and oxygen atoms in total. The molecule has 0 radical (unpaired) electrons. The van der Waals surface area contributed by atoms with Gasteiger partial charge in [-0.25, -0.2) is 0 Å². The molecule has 4 N–H and O–H groups in total. The maximum absolute atomic E-state index is 5.82. The second kappa shape index (κ2) is 5.13. The molecule has 0 spiro atoms. The lowest BCUT2D eigenvalue weighted by Gasteiger charge is -2.14. The minimum atomic E-state index is 0.550. The van der Waals surface area contributed by atoms with Gasteiger partial charge in [0.1, 0.15) is 0 Å². The fraction of sp³-hybridized carbons (Fsp3) is 0.200. The summed E-state index contributed by atoms with van der Waals surface area (Å²) in [5.74, 6) is 0. The second-order valence-electron chi connectivity index (χ2n) is 4.17. The Morgan fingerprint density at radius 3 is 2.18 bits per heavy atom. The van der Waals surface area contributed by atoms with Crippen LogP contribution in [0, 0.1) is 6.92 Å². The van der Waals surface area contributed by atoms with E-state index in [2.05, 4.69) is 31.2 Å². The van der Waals surface area contributed by atoms with Crippen molar-refractivity contribution < 1.29 is 0 Å². The lowest BCUT2D eigenvalue weighted by atomic mass is 9.92. The first-order chi connectivity index (χ1) is 8.27. The van der Waals surface area contributed by atoms with Crippen molar-refractivity contribution in [2.45, 2.75) is 20.0 Å². The van der Waals surface area contributed by atoms with Crippen LogP contribution in [0.3, 0.4) is 0 Å². The molecule has 0 aliphatic carbocycles. The summed E-state index contributed by atoms with van der Waals surface area (Å²) < 4.78 is 0. The van der Waals surface area contributed by atoms with Crippen LogP contribution in [0.4, 0.5) is 0 Å². The van der Waals surface area contributed by atoms with Crippen LogP contribution in [0.25, 0.3) is 11.1 Å². The van der Waals surface area contributed by atoms with Gasteiger partial charge in [0.05, 0.1) is 0 Å². The summed E-state index contributed by atoms with van der Waals surface area (Å²) in [6.07, 6.45) is 0. The van der Waals surface area contributed by atoms with E-state index in [1.54, 1.807) is 0 Å². The first-order valence-electron chi connectivity index (χ1n) is 5.84. The molecule has 0 aliphatic rings. The van der Waals surface area contributed by atoms with E-state index in [0.29, 0.717) is 13.1 Å². The third-order valence-electron chi connectivity index (χ3n) is 3.09. The maximum atomic E-state index is 5.82. The molecule has 0 atom stereocenters. The van der Waals surface area contributed by atoms with Crippen LogP contribution in [-0.2, 0) is 13.1 Å². The van der Waals surface area contributed by atoms with Crippen LogP contribution >= 0.6 is 0 Å². The van der Waals surface area contributed by atoms with E-state index in [4.69, 9.17) is 11.5 Å². The number of nitrogens with two attached hydrogens (primary N) is 2. The highest BCUT2D eigenvalue weighted by atomic mass is 14.5. The molecule has 0 bridgehead atoms. The van der Waals surface area contributed by atoms with Gasteiger partial charge < -0.3 is 11.5 Å². The number of rotatable bonds is 3. The average molecular weight is 226 g/mol. The van der Waals surface area contributed by atoms with Gasteiger partial charge >= 0.3 is 0 Å². The maximum Gasteiger partial charge on any atom is 0.0184 e. The molecule has 0 heterocycles. The van der Waals surface area contributed by atoms with E-state index >= 15 is 0 Å². The first kappa shape index (κ1) is 11.8. The zero-order chi connectivity index (χ0) is 12.3. The molecule has 0 saturated heterocycles. The number of aryl methyl sites for hydroxylation is 1. The molecular weight excluding hydrogens is 208 g/mol. The van der Waals surface area contributed by atoms with Crippen molar-refractivity contribution >= 4 is 0 Å². The van der Waals surface area contributed by atoms with E-state index in [1.165, 1.54) is 22.3 Å². The molecule has 0 fully saturated rings. The highest BCUT2D eigenvalue weighted by Gasteiger charge is 2.09. The SMILES string of the molecule is Cc1cccc(CN)c1-c1ccccc1CN. The molecule has 2 aromatic rings. The van der Waals surface area contributed by atoms with Crippen molar-refractivity contribution in [3.05, 3.63) is 59.2 Å². The van der Waals surface area contributed by atoms with E-state index in [0.717, 1.165) is 5.56 Å². The Morgan fingerprint density at radius 1 is 0.824 bits per heavy atom. The van der Waals surface area contributed by atoms with Crippen molar-refractivity contribution in [2.75, 3.05) is 0 Å². The zero-order valence-electron chi connectivity index (χ0n) is 10.1. The topological polar surface area (TPSA) is 52.0 Å². The summed E-state index contributed by atoms with van der Waals surface area (Å²) in [4.78, 5) is 0. The molecule has 2 aromatic carbocycles. The molecule has 0 amide bonds. The Kier molecular flexibility index (Phi) is 3.57. The van der Waals surface area contributed by atoms with E-state index in [9.17, 15) is 0 Å². The van der Waals surface area contributed by atoms with Gasteiger partial charge in [0.25, 0.3) is 0 Å². The predicted molar refractivity (Wildman–Crippen MR) is 72.4 cm³/mol. The van der Waals surface area contributed by atoms with Crippen LogP contribution in [0.1, 0.15) is 16.7 Å². The largest absolute Gasteiger partial charge is 0.326 e. The van der Waals surface area contributed by atoms with Gasteiger partial charge in [0.2, 0.25) is 0 Å². The zero-order valence-corrected chi connectivity index (χ0v) is 10.1. The second-order valence-corrected chi connectivity index (χ2v) is 4.17. The number of hydrogen-bond acceptors (Lipinski definition) is 2. The summed E-state index contributed by atoms with van der Waals surface area (Å²) in [6, 6.07) is 14.5. The van der Waals surface area contributed by atoms with Crippen molar-refractivity contribution in [3.63, 3.8) is 0 Å². The van der Waals surface area contributed by atoms with Crippen molar-refractivity contribution in [2.24, 2.45) is 11.5 Å². The molecule has 17 heavy (non-hydrogen) atoms. The Labute approximate surface area is 102 Å².